The fourth-order valence-electron chi connectivity index (χ4n) is 5.23. The Hall–Kier alpha value is -2.41. The maximum absolute atomic E-state index is 13.2. The molecule has 5 heterocycles. The zero-order valence-electron chi connectivity index (χ0n) is 13.5. The molecular weight excluding hydrogens is 326 g/mol. The number of carbonyl (C=O) groups excluding carboxylic acids is 3. The topological polar surface area (TPSA) is 99.9 Å². The smallest absolute Gasteiger partial charge is 0.230 e. The minimum atomic E-state index is -1.29. The zero-order chi connectivity index (χ0) is 17.5. The molecule has 130 valence electrons. The van der Waals surface area contributed by atoms with E-state index >= 15 is 0 Å². The number of hydrogen-bond donors (Lipinski definition) is 0. The molecule has 1 spiro atoms. The van der Waals surface area contributed by atoms with Crippen molar-refractivity contribution in [2.45, 2.75) is 37.1 Å². The van der Waals surface area contributed by atoms with E-state index in [-0.39, 0.29) is 18.1 Å². The lowest BCUT2D eigenvalue weighted by molar-refractivity contribution is -0.313. The minimum absolute atomic E-state index is 0.0165. The summed E-state index contributed by atoms with van der Waals surface area (Å²) >= 11 is 0. The largest absolute Gasteiger partial charge is 0.550 e. The number of carboxylic acid groups (broad SMARTS) is 1. The summed E-state index contributed by atoms with van der Waals surface area (Å²) in [6, 6.07) is 2.37. The van der Waals surface area contributed by atoms with Crippen LogP contribution in [0.25, 0.3) is 0 Å². The molecule has 1 aromatic heterocycles. The van der Waals surface area contributed by atoms with Crippen molar-refractivity contribution in [3.8, 4) is 0 Å². The molecule has 0 aliphatic carbocycles. The highest BCUT2D eigenvalue weighted by atomic mass is 16.5. The van der Waals surface area contributed by atoms with Crippen LogP contribution in [-0.4, -0.2) is 40.3 Å². The number of fused-ring (bicyclic) bond motifs is 2. The number of Topliss-reactive ketones (excluding diaryl/α,β-unsaturated/α-hetero) is 1. The molecule has 25 heavy (non-hydrogen) atoms. The summed E-state index contributed by atoms with van der Waals surface area (Å²) in [6.45, 7) is 1.78. The number of furan rings is 1. The third kappa shape index (κ3) is 1.62. The monoisotopic (exact) mass is 342 g/mol. The number of rotatable bonds is 2. The summed E-state index contributed by atoms with van der Waals surface area (Å²) in [5.74, 6) is -3.37. The molecule has 4 aliphatic heterocycles. The Balaban J connectivity index is 1.67. The number of ether oxygens (including phenoxy) is 1. The van der Waals surface area contributed by atoms with Crippen molar-refractivity contribution < 1.29 is 28.6 Å². The maximum Gasteiger partial charge on any atom is 0.230 e. The number of ketones is 1. The molecule has 0 saturated carbocycles. The van der Waals surface area contributed by atoms with E-state index in [1.807, 2.05) is 0 Å². The molecular formula is C18H16NO6-. The highest BCUT2D eigenvalue weighted by molar-refractivity contribution is 5.95. The van der Waals surface area contributed by atoms with E-state index in [0.717, 1.165) is 0 Å². The van der Waals surface area contributed by atoms with E-state index in [4.69, 9.17) is 9.15 Å². The van der Waals surface area contributed by atoms with Crippen molar-refractivity contribution in [1.82, 2.24) is 4.90 Å². The van der Waals surface area contributed by atoms with Gasteiger partial charge in [0.15, 0.2) is 0 Å². The van der Waals surface area contributed by atoms with Gasteiger partial charge in [0, 0.05) is 24.2 Å². The number of carboxylic acids is 1. The number of carbonyl (C=O) groups is 3. The van der Waals surface area contributed by atoms with Crippen molar-refractivity contribution in [2.75, 3.05) is 0 Å². The van der Waals surface area contributed by atoms with Crippen LogP contribution in [0.4, 0.5) is 0 Å². The average Bonchev–Trinajstić information content (AvgIpc) is 3.32. The Morgan fingerprint density at radius 2 is 2.20 bits per heavy atom. The molecule has 0 unspecified atom stereocenters. The first-order valence-electron chi connectivity index (χ1n) is 8.42. The van der Waals surface area contributed by atoms with Gasteiger partial charge in [-0.1, -0.05) is 19.1 Å². The number of amides is 1. The number of piperidine rings is 1. The normalized spacial score (nSPS) is 44.3. The van der Waals surface area contributed by atoms with Crippen molar-refractivity contribution in [3.63, 3.8) is 0 Å². The van der Waals surface area contributed by atoms with Gasteiger partial charge in [-0.15, -0.1) is 0 Å². The molecule has 0 aromatic carbocycles. The molecule has 3 fully saturated rings. The van der Waals surface area contributed by atoms with Crippen molar-refractivity contribution in [1.29, 1.82) is 0 Å². The first-order chi connectivity index (χ1) is 12.0. The zero-order valence-corrected chi connectivity index (χ0v) is 13.5. The van der Waals surface area contributed by atoms with E-state index in [1.54, 1.807) is 36.1 Å². The highest BCUT2D eigenvalue weighted by Crippen LogP contribution is 2.59. The predicted octanol–water partition coefficient (Wildman–Crippen LogP) is -0.170. The van der Waals surface area contributed by atoms with Crippen LogP contribution in [0.15, 0.2) is 35.0 Å². The molecule has 0 radical (unpaired) electrons. The summed E-state index contributed by atoms with van der Waals surface area (Å²) in [5, 5.41) is 11.7. The molecule has 5 rings (SSSR count). The first kappa shape index (κ1) is 14.9. The fourth-order valence-corrected chi connectivity index (χ4v) is 5.23. The molecule has 1 amide bonds. The van der Waals surface area contributed by atoms with Gasteiger partial charge in [0.1, 0.15) is 17.1 Å². The lowest BCUT2D eigenvalue weighted by Gasteiger charge is -2.43. The van der Waals surface area contributed by atoms with Crippen LogP contribution in [0.1, 0.15) is 25.1 Å². The van der Waals surface area contributed by atoms with Crippen molar-refractivity contribution >= 4 is 17.7 Å². The first-order valence-corrected chi connectivity index (χ1v) is 8.42. The standard InChI is InChI=1S/C18H17NO6/c1-8-10(20)7-9(11-3-2-6-24-11)19-15(8)18-5-4-12(25-18)13(17(22)23)14(18)16(19)21/h2-6,8-9,12-15H,7H2,1H3,(H,22,23)/p-1/t8-,9+,12-,13+,14-,15-,18+/m1/s1. The van der Waals surface area contributed by atoms with E-state index < -0.39 is 47.5 Å². The molecule has 7 atom stereocenters. The Morgan fingerprint density at radius 1 is 1.40 bits per heavy atom. The second-order valence-electron chi connectivity index (χ2n) is 7.30. The summed E-state index contributed by atoms with van der Waals surface area (Å²) in [4.78, 5) is 39.2. The van der Waals surface area contributed by atoms with Gasteiger partial charge in [0.2, 0.25) is 5.91 Å². The Morgan fingerprint density at radius 3 is 2.88 bits per heavy atom. The van der Waals surface area contributed by atoms with Crippen LogP contribution in [0, 0.1) is 17.8 Å². The Bertz CT molecular complexity index is 814. The van der Waals surface area contributed by atoms with Gasteiger partial charge >= 0.3 is 0 Å². The number of nitrogens with zero attached hydrogens (tertiary/aromatic N) is 1. The fraction of sp³-hybridized carbons (Fsp3) is 0.500. The molecule has 3 saturated heterocycles. The van der Waals surface area contributed by atoms with E-state index in [1.165, 1.54) is 6.26 Å². The van der Waals surface area contributed by atoms with E-state index in [2.05, 4.69) is 0 Å². The van der Waals surface area contributed by atoms with Crippen molar-refractivity contribution in [2.24, 2.45) is 17.8 Å². The van der Waals surface area contributed by atoms with Crippen LogP contribution < -0.4 is 5.11 Å². The highest BCUT2D eigenvalue weighted by Gasteiger charge is 2.73. The lowest BCUT2D eigenvalue weighted by Crippen LogP contribution is -2.55. The second-order valence-corrected chi connectivity index (χ2v) is 7.30. The third-order valence-electron chi connectivity index (χ3n) is 6.22. The Kier molecular flexibility index (Phi) is 2.74. The Labute approximate surface area is 143 Å². The van der Waals surface area contributed by atoms with Crippen LogP contribution in [0.3, 0.4) is 0 Å². The molecule has 2 bridgehead atoms. The van der Waals surface area contributed by atoms with Gasteiger partial charge in [-0.3, -0.25) is 9.59 Å². The second kappa shape index (κ2) is 4.60. The molecule has 0 N–H and O–H groups in total. The van der Waals surface area contributed by atoms with Gasteiger partial charge in [0.25, 0.3) is 0 Å². The SMILES string of the molecule is C[C@@H]1C(=O)C[C@@H](c2ccco2)N2C(=O)[C@H]3[C@@H](C(=O)[O-])[C@H]4C=C[C@@]3(O4)[C@@H]12. The average molecular weight is 342 g/mol. The van der Waals surface area contributed by atoms with Gasteiger partial charge in [0.05, 0.1) is 30.4 Å². The van der Waals surface area contributed by atoms with Gasteiger partial charge in [-0.05, 0) is 12.1 Å². The van der Waals surface area contributed by atoms with Crippen molar-refractivity contribution in [3.05, 3.63) is 36.3 Å². The molecule has 4 aliphatic rings. The molecule has 7 heteroatoms. The molecule has 1 aromatic rings. The summed E-state index contributed by atoms with van der Waals surface area (Å²) in [6.07, 6.45) is 4.44. The summed E-state index contributed by atoms with van der Waals surface area (Å²) < 4.78 is 11.5. The lowest BCUT2D eigenvalue weighted by atomic mass is 9.71. The summed E-state index contributed by atoms with van der Waals surface area (Å²) in [7, 11) is 0. The van der Waals surface area contributed by atoms with Gasteiger partial charge in [-0.2, -0.15) is 0 Å². The third-order valence-corrected chi connectivity index (χ3v) is 6.22. The van der Waals surface area contributed by atoms with Crippen LogP contribution in [-0.2, 0) is 19.1 Å². The van der Waals surface area contributed by atoms with E-state index in [0.29, 0.717) is 5.76 Å². The quantitative estimate of drug-likeness (QED) is 0.692. The van der Waals surface area contributed by atoms with E-state index in [9.17, 15) is 19.5 Å². The number of aliphatic carboxylic acids is 1. The van der Waals surface area contributed by atoms with Gasteiger partial charge in [-0.25, -0.2) is 0 Å². The summed E-state index contributed by atoms with van der Waals surface area (Å²) in [5.41, 5.74) is -1.08. The predicted molar refractivity (Wildman–Crippen MR) is 79.6 cm³/mol. The van der Waals surface area contributed by atoms with Crippen LogP contribution in [0.5, 0.6) is 0 Å². The van der Waals surface area contributed by atoms with Crippen LogP contribution in [0.2, 0.25) is 0 Å². The molecule has 7 nitrogen and oxygen atoms in total. The number of hydrogen-bond acceptors (Lipinski definition) is 6. The minimum Gasteiger partial charge on any atom is -0.550 e. The van der Waals surface area contributed by atoms with Crippen LogP contribution >= 0.6 is 0 Å². The van der Waals surface area contributed by atoms with Gasteiger partial charge < -0.3 is 24.0 Å². The maximum atomic E-state index is 13.2.